The molecule has 4 rings (SSSR count). The Hall–Kier alpha value is -2.90. The number of amides is 1. The second-order valence-corrected chi connectivity index (χ2v) is 7.10. The average molecular weight is 401 g/mol. The summed E-state index contributed by atoms with van der Waals surface area (Å²) in [5, 5.41) is 5.67. The standard InChI is InChI=1S/C19H13ClN2O4S/c1-10(23)13-6-16-17(26-9-25-16)7-14(13)21-18(24)15-8-27-19(22-15)11-3-2-4-12(20)5-11/h2-8H,9H2,1H3,(H,21,24). The van der Waals surface area contributed by atoms with E-state index < -0.39 is 5.91 Å². The lowest BCUT2D eigenvalue weighted by molar-refractivity contribution is 0.101. The molecule has 0 unspecified atom stereocenters. The molecule has 0 fully saturated rings. The summed E-state index contributed by atoms with van der Waals surface area (Å²) in [5.41, 5.74) is 1.79. The molecule has 0 atom stereocenters. The second-order valence-electron chi connectivity index (χ2n) is 5.81. The van der Waals surface area contributed by atoms with Crippen LogP contribution in [0.5, 0.6) is 11.5 Å². The van der Waals surface area contributed by atoms with Gasteiger partial charge in [0.1, 0.15) is 10.7 Å². The van der Waals surface area contributed by atoms with Crippen molar-refractivity contribution in [3.63, 3.8) is 0 Å². The summed E-state index contributed by atoms with van der Waals surface area (Å²) >= 11 is 7.35. The number of fused-ring (bicyclic) bond motifs is 1. The third-order valence-corrected chi connectivity index (χ3v) is 5.08. The van der Waals surface area contributed by atoms with Crippen molar-refractivity contribution in [2.75, 3.05) is 12.1 Å². The fourth-order valence-electron chi connectivity index (χ4n) is 2.66. The summed E-state index contributed by atoms with van der Waals surface area (Å²) in [7, 11) is 0. The topological polar surface area (TPSA) is 77.5 Å². The SMILES string of the molecule is CC(=O)c1cc2c(cc1NC(=O)c1csc(-c3cccc(Cl)c3)n1)OCO2. The number of halogens is 1. The van der Waals surface area contributed by atoms with Crippen molar-refractivity contribution < 1.29 is 19.1 Å². The fourth-order valence-corrected chi connectivity index (χ4v) is 3.64. The molecule has 1 amide bonds. The van der Waals surface area contributed by atoms with Crippen LogP contribution >= 0.6 is 22.9 Å². The molecule has 1 aliphatic rings. The molecular formula is C19H13ClN2O4S. The van der Waals surface area contributed by atoms with Gasteiger partial charge < -0.3 is 14.8 Å². The molecule has 0 radical (unpaired) electrons. The number of ether oxygens (including phenoxy) is 2. The molecule has 0 saturated heterocycles. The molecule has 0 spiro atoms. The molecule has 3 aromatic rings. The molecule has 0 saturated carbocycles. The van der Waals surface area contributed by atoms with Crippen LogP contribution in [-0.2, 0) is 0 Å². The Morgan fingerprint density at radius 1 is 1.19 bits per heavy atom. The maximum atomic E-state index is 12.6. The Morgan fingerprint density at radius 3 is 2.70 bits per heavy atom. The Balaban J connectivity index is 1.61. The first-order valence-corrected chi connectivity index (χ1v) is 9.24. The lowest BCUT2D eigenvalue weighted by Gasteiger charge is -2.09. The summed E-state index contributed by atoms with van der Waals surface area (Å²) in [6.07, 6.45) is 0. The van der Waals surface area contributed by atoms with Gasteiger partial charge in [0.05, 0.1) is 5.69 Å². The molecule has 8 heteroatoms. The summed E-state index contributed by atoms with van der Waals surface area (Å²) in [6, 6.07) is 10.4. The van der Waals surface area contributed by atoms with E-state index in [1.54, 1.807) is 29.6 Å². The van der Waals surface area contributed by atoms with Gasteiger partial charge in [-0.1, -0.05) is 23.7 Å². The Labute approximate surface area is 163 Å². The minimum Gasteiger partial charge on any atom is -0.454 e. The van der Waals surface area contributed by atoms with Crippen LogP contribution in [0.1, 0.15) is 27.8 Å². The molecule has 136 valence electrons. The highest BCUT2D eigenvalue weighted by Crippen LogP contribution is 2.37. The number of rotatable bonds is 4. The van der Waals surface area contributed by atoms with Crippen LogP contribution < -0.4 is 14.8 Å². The minimum absolute atomic E-state index is 0.0825. The number of anilines is 1. The van der Waals surface area contributed by atoms with Gasteiger partial charge in [-0.15, -0.1) is 11.3 Å². The smallest absolute Gasteiger partial charge is 0.275 e. The van der Waals surface area contributed by atoms with E-state index >= 15 is 0 Å². The molecular weight excluding hydrogens is 388 g/mol. The second kappa shape index (κ2) is 7.02. The summed E-state index contributed by atoms with van der Waals surface area (Å²) in [4.78, 5) is 28.9. The molecule has 1 N–H and O–H groups in total. The Bertz CT molecular complexity index is 1060. The number of benzene rings is 2. The van der Waals surface area contributed by atoms with E-state index in [0.717, 1.165) is 5.56 Å². The van der Waals surface area contributed by atoms with Crippen molar-refractivity contribution in [1.82, 2.24) is 4.98 Å². The quantitative estimate of drug-likeness (QED) is 0.645. The van der Waals surface area contributed by atoms with E-state index in [9.17, 15) is 9.59 Å². The normalized spacial score (nSPS) is 12.1. The Kier molecular flexibility index (Phi) is 4.55. The third-order valence-electron chi connectivity index (χ3n) is 3.95. The van der Waals surface area contributed by atoms with Crippen LogP contribution in [0.15, 0.2) is 41.8 Å². The summed E-state index contributed by atoms with van der Waals surface area (Å²) in [5.74, 6) is 0.352. The summed E-state index contributed by atoms with van der Waals surface area (Å²) < 4.78 is 10.6. The van der Waals surface area contributed by atoms with Crippen LogP contribution in [0.3, 0.4) is 0 Å². The van der Waals surface area contributed by atoms with Crippen LogP contribution in [-0.4, -0.2) is 23.5 Å². The zero-order valence-electron chi connectivity index (χ0n) is 14.1. The third kappa shape index (κ3) is 3.51. The van der Waals surface area contributed by atoms with Gasteiger partial charge in [0, 0.05) is 27.6 Å². The number of carbonyl (C=O) groups excluding carboxylic acids is 2. The van der Waals surface area contributed by atoms with Crippen molar-refractivity contribution >= 4 is 40.3 Å². The maximum Gasteiger partial charge on any atom is 0.275 e. The maximum absolute atomic E-state index is 12.6. The first kappa shape index (κ1) is 17.5. The summed E-state index contributed by atoms with van der Waals surface area (Å²) in [6.45, 7) is 1.51. The predicted molar refractivity (Wildman–Crippen MR) is 103 cm³/mol. The zero-order chi connectivity index (χ0) is 19.0. The molecule has 27 heavy (non-hydrogen) atoms. The number of nitrogens with zero attached hydrogens (tertiary/aromatic N) is 1. The first-order valence-electron chi connectivity index (χ1n) is 7.98. The molecule has 0 aliphatic carbocycles. The molecule has 2 aromatic carbocycles. The van der Waals surface area contributed by atoms with Gasteiger partial charge in [-0.3, -0.25) is 9.59 Å². The van der Waals surface area contributed by atoms with E-state index in [-0.39, 0.29) is 18.3 Å². The van der Waals surface area contributed by atoms with Crippen molar-refractivity contribution in [3.05, 3.63) is 58.1 Å². The van der Waals surface area contributed by atoms with E-state index in [1.165, 1.54) is 18.3 Å². The molecule has 1 aliphatic heterocycles. The number of thiazole rings is 1. The van der Waals surface area contributed by atoms with Crippen molar-refractivity contribution in [2.45, 2.75) is 6.92 Å². The van der Waals surface area contributed by atoms with Crippen molar-refractivity contribution in [1.29, 1.82) is 0 Å². The highest BCUT2D eigenvalue weighted by molar-refractivity contribution is 7.13. The highest BCUT2D eigenvalue weighted by Gasteiger charge is 2.21. The van der Waals surface area contributed by atoms with E-state index in [0.29, 0.717) is 32.8 Å². The molecule has 1 aromatic heterocycles. The van der Waals surface area contributed by atoms with Gasteiger partial charge in [0.25, 0.3) is 5.91 Å². The first-order chi connectivity index (χ1) is 13.0. The van der Waals surface area contributed by atoms with Gasteiger partial charge in [0.15, 0.2) is 17.3 Å². The van der Waals surface area contributed by atoms with Crippen LogP contribution in [0.4, 0.5) is 5.69 Å². The number of aromatic nitrogens is 1. The van der Waals surface area contributed by atoms with Gasteiger partial charge >= 0.3 is 0 Å². The number of ketones is 1. The molecule has 6 nitrogen and oxygen atoms in total. The molecule has 0 bridgehead atoms. The predicted octanol–water partition coefficient (Wildman–Crippen LogP) is 4.65. The largest absolute Gasteiger partial charge is 0.454 e. The van der Waals surface area contributed by atoms with Gasteiger partial charge in [-0.2, -0.15) is 0 Å². The number of hydrogen-bond donors (Lipinski definition) is 1. The zero-order valence-corrected chi connectivity index (χ0v) is 15.7. The number of carbonyl (C=O) groups is 2. The molecule has 2 heterocycles. The Morgan fingerprint density at radius 2 is 1.96 bits per heavy atom. The van der Waals surface area contributed by atoms with Gasteiger partial charge in [-0.25, -0.2) is 4.98 Å². The van der Waals surface area contributed by atoms with Crippen LogP contribution in [0.25, 0.3) is 10.6 Å². The minimum atomic E-state index is -0.416. The van der Waals surface area contributed by atoms with Gasteiger partial charge in [0.2, 0.25) is 6.79 Å². The van der Waals surface area contributed by atoms with Crippen LogP contribution in [0, 0.1) is 0 Å². The van der Waals surface area contributed by atoms with E-state index in [4.69, 9.17) is 21.1 Å². The number of nitrogens with one attached hydrogen (secondary N) is 1. The fraction of sp³-hybridized carbons (Fsp3) is 0.105. The lowest BCUT2D eigenvalue weighted by Crippen LogP contribution is -2.14. The average Bonchev–Trinajstić information content (AvgIpc) is 3.30. The lowest BCUT2D eigenvalue weighted by atomic mass is 10.1. The van der Waals surface area contributed by atoms with Gasteiger partial charge in [-0.05, 0) is 25.1 Å². The van der Waals surface area contributed by atoms with Crippen LogP contribution in [0.2, 0.25) is 5.02 Å². The van der Waals surface area contributed by atoms with E-state index in [1.807, 2.05) is 12.1 Å². The van der Waals surface area contributed by atoms with Crippen molar-refractivity contribution in [2.24, 2.45) is 0 Å². The number of Topliss-reactive ketones (excluding diaryl/α,β-unsaturated/α-hetero) is 1. The van der Waals surface area contributed by atoms with E-state index in [2.05, 4.69) is 10.3 Å². The van der Waals surface area contributed by atoms with Crippen molar-refractivity contribution in [3.8, 4) is 22.1 Å². The monoisotopic (exact) mass is 400 g/mol. The highest BCUT2D eigenvalue weighted by atomic mass is 35.5. The number of hydrogen-bond acceptors (Lipinski definition) is 6.